The Bertz CT molecular complexity index is 876. The third kappa shape index (κ3) is 3.18. The van der Waals surface area contributed by atoms with Crippen molar-refractivity contribution in [3.8, 4) is 11.3 Å². The molecule has 1 heterocycles. The first kappa shape index (κ1) is 14.7. The Labute approximate surface area is 132 Å². The van der Waals surface area contributed by atoms with Crippen LogP contribution in [0, 0.1) is 0 Å². The molecule has 0 saturated carbocycles. The molecule has 0 aliphatic carbocycles. The number of aliphatic carboxylic acids is 1. The molecule has 0 spiro atoms. The molecular weight excluding hydrogens is 292 g/mol. The first-order valence-corrected chi connectivity index (χ1v) is 7.10. The number of amides is 1. The van der Waals surface area contributed by atoms with E-state index in [1.54, 1.807) is 12.1 Å². The molecule has 23 heavy (non-hydrogen) atoms. The molecule has 3 aromatic rings. The average molecular weight is 306 g/mol. The van der Waals surface area contributed by atoms with Crippen molar-refractivity contribution in [1.29, 1.82) is 0 Å². The van der Waals surface area contributed by atoms with Gasteiger partial charge in [0.15, 0.2) is 0 Å². The summed E-state index contributed by atoms with van der Waals surface area (Å²) in [6.07, 6.45) is 0. The lowest BCUT2D eigenvalue weighted by Crippen LogP contribution is -2.29. The molecule has 5 heteroatoms. The van der Waals surface area contributed by atoms with Crippen molar-refractivity contribution in [2.75, 3.05) is 6.54 Å². The lowest BCUT2D eigenvalue weighted by molar-refractivity contribution is -0.135. The number of nitrogens with zero attached hydrogens (tertiary/aromatic N) is 1. The number of carboxylic acid groups (broad SMARTS) is 1. The minimum atomic E-state index is -1.08. The number of pyridine rings is 1. The predicted octanol–water partition coefficient (Wildman–Crippen LogP) is 2.72. The van der Waals surface area contributed by atoms with Gasteiger partial charge in [0.2, 0.25) is 0 Å². The average Bonchev–Trinajstić information content (AvgIpc) is 2.59. The first-order chi connectivity index (χ1) is 11.1. The fraction of sp³-hybridized carbons (Fsp3) is 0.0556. The Balaban J connectivity index is 2.11. The summed E-state index contributed by atoms with van der Waals surface area (Å²) in [4.78, 5) is 27.6. The van der Waals surface area contributed by atoms with E-state index in [0.29, 0.717) is 22.2 Å². The van der Waals surface area contributed by atoms with Crippen molar-refractivity contribution in [1.82, 2.24) is 10.3 Å². The minimum Gasteiger partial charge on any atom is -0.480 e. The van der Waals surface area contributed by atoms with Crippen LogP contribution in [0.4, 0.5) is 0 Å². The van der Waals surface area contributed by atoms with E-state index in [-0.39, 0.29) is 0 Å². The summed E-state index contributed by atoms with van der Waals surface area (Å²) in [6, 6.07) is 18.5. The molecular formula is C18H14N2O3. The van der Waals surface area contributed by atoms with Crippen LogP contribution in [0.3, 0.4) is 0 Å². The zero-order chi connectivity index (χ0) is 16.2. The van der Waals surface area contributed by atoms with Crippen LogP contribution >= 0.6 is 0 Å². The van der Waals surface area contributed by atoms with E-state index >= 15 is 0 Å². The first-order valence-electron chi connectivity index (χ1n) is 7.10. The number of aromatic nitrogens is 1. The van der Waals surface area contributed by atoms with Crippen molar-refractivity contribution < 1.29 is 14.7 Å². The number of benzene rings is 2. The summed E-state index contributed by atoms with van der Waals surface area (Å²) < 4.78 is 0. The summed E-state index contributed by atoms with van der Waals surface area (Å²) in [7, 11) is 0. The molecule has 0 aliphatic heterocycles. The topological polar surface area (TPSA) is 79.3 Å². The predicted molar refractivity (Wildman–Crippen MR) is 87.1 cm³/mol. The van der Waals surface area contributed by atoms with Crippen molar-refractivity contribution in [3.63, 3.8) is 0 Å². The second kappa shape index (κ2) is 6.27. The van der Waals surface area contributed by atoms with Gasteiger partial charge in [0.1, 0.15) is 6.54 Å². The monoisotopic (exact) mass is 306 g/mol. The van der Waals surface area contributed by atoms with Gasteiger partial charge in [0.05, 0.1) is 16.8 Å². The molecule has 0 aliphatic rings. The Morgan fingerprint density at radius 1 is 1.00 bits per heavy atom. The van der Waals surface area contributed by atoms with Gasteiger partial charge in [-0.25, -0.2) is 4.98 Å². The Kier molecular flexibility index (Phi) is 4.01. The zero-order valence-corrected chi connectivity index (χ0v) is 12.2. The maximum Gasteiger partial charge on any atom is 0.322 e. The number of nitrogens with one attached hydrogen (secondary N) is 1. The number of hydrogen-bond acceptors (Lipinski definition) is 3. The third-order valence-electron chi connectivity index (χ3n) is 3.43. The van der Waals surface area contributed by atoms with Gasteiger partial charge >= 0.3 is 5.97 Å². The maximum absolute atomic E-state index is 12.3. The molecule has 2 aromatic carbocycles. The van der Waals surface area contributed by atoms with E-state index in [1.807, 2.05) is 48.5 Å². The molecule has 5 nitrogen and oxygen atoms in total. The smallest absolute Gasteiger partial charge is 0.322 e. The van der Waals surface area contributed by atoms with Crippen molar-refractivity contribution >= 4 is 22.8 Å². The Morgan fingerprint density at radius 2 is 1.70 bits per heavy atom. The van der Waals surface area contributed by atoms with E-state index in [1.165, 1.54) is 0 Å². The molecule has 0 radical (unpaired) electrons. The molecule has 3 rings (SSSR count). The largest absolute Gasteiger partial charge is 0.480 e. The number of carbonyl (C=O) groups excluding carboxylic acids is 1. The SMILES string of the molecule is O=C(O)CNC(=O)c1cc(-c2ccccc2)nc2ccccc12. The van der Waals surface area contributed by atoms with E-state index in [0.717, 1.165) is 5.56 Å². The van der Waals surface area contributed by atoms with Gasteiger partial charge in [-0.05, 0) is 12.1 Å². The molecule has 0 bridgehead atoms. The van der Waals surface area contributed by atoms with Crippen molar-refractivity contribution in [2.24, 2.45) is 0 Å². The highest BCUT2D eigenvalue weighted by Crippen LogP contribution is 2.24. The van der Waals surface area contributed by atoms with E-state index in [4.69, 9.17) is 5.11 Å². The lowest BCUT2D eigenvalue weighted by Gasteiger charge is -2.09. The van der Waals surface area contributed by atoms with Crippen molar-refractivity contribution in [3.05, 3.63) is 66.2 Å². The normalized spacial score (nSPS) is 10.4. The Hall–Kier alpha value is -3.21. The quantitative estimate of drug-likeness (QED) is 0.776. The summed E-state index contributed by atoms with van der Waals surface area (Å²) in [5.74, 6) is -1.51. The maximum atomic E-state index is 12.3. The highest BCUT2D eigenvalue weighted by Gasteiger charge is 2.14. The van der Waals surface area contributed by atoms with E-state index < -0.39 is 18.4 Å². The molecule has 114 valence electrons. The summed E-state index contributed by atoms with van der Waals surface area (Å²) >= 11 is 0. The van der Waals surface area contributed by atoms with Gasteiger partial charge in [-0.1, -0.05) is 48.5 Å². The van der Waals surface area contributed by atoms with Crippen LogP contribution in [0.15, 0.2) is 60.7 Å². The second-order valence-corrected chi connectivity index (χ2v) is 5.01. The van der Waals surface area contributed by atoms with Gasteiger partial charge in [-0.15, -0.1) is 0 Å². The molecule has 0 fully saturated rings. The molecule has 2 N–H and O–H groups in total. The summed E-state index contributed by atoms with van der Waals surface area (Å²) in [6.45, 7) is -0.420. The highest BCUT2D eigenvalue weighted by atomic mass is 16.4. The van der Waals surface area contributed by atoms with E-state index in [9.17, 15) is 9.59 Å². The molecule has 0 unspecified atom stereocenters. The fourth-order valence-corrected chi connectivity index (χ4v) is 2.37. The fourth-order valence-electron chi connectivity index (χ4n) is 2.37. The zero-order valence-electron chi connectivity index (χ0n) is 12.2. The van der Waals surface area contributed by atoms with Crippen LogP contribution in [0.1, 0.15) is 10.4 Å². The molecule has 0 atom stereocenters. The van der Waals surface area contributed by atoms with Crippen LogP contribution < -0.4 is 5.32 Å². The number of carbonyl (C=O) groups is 2. The van der Waals surface area contributed by atoms with Gasteiger partial charge in [-0.2, -0.15) is 0 Å². The van der Waals surface area contributed by atoms with Crippen LogP contribution in [0.2, 0.25) is 0 Å². The number of carboxylic acids is 1. The second-order valence-electron chi connectivity index (χ2n) is 5.01. The molecule has 1 amide bonds. The number of rotatable bonds is 4. The number of para-hydroxylation sites is 1. The van der Waals surface area contributed by atoms with Crippen molar-refractivity contribution in [2.45, 2.75) is 0 Å². The number of fused-ring (bicyclic) bond motifs is 1. The standard InChI is InChI=1S/C18H14N2O3/c21-17(22)11-19-18(23)14-10-16(12-6-2-1-3-7-12)20-15-9-5-4-8-13(14)15/h1-10H,11H2,(H,19,23)(H,21,22). The molecule has 1 aromatic heterocycles. The van der Waals surface area contributed by atoms with Crippen LogP contribution in [-0.4, -0.2) is 28.5 Å². The van der Waals surface area contributed by atoms with Gasteiger partial charge in [-0.3, -0.25) is 9.59 Å². The summed E-state index contributed by atoms with van der Waals surface area (Å²) in [5.41, 5.74) is 2.67. The third-order valence-corrected chi connectivity index (χ3v) is 3.43. The highest BCUT2D eigenvalue weighted by molar-refractivity contribution is 6.07. The lowest BCUT2D eigenvalue weighted by atomic mass is 10.0. The van der Waals surface area contributed by atoms with Crippen LogP contribution in [0.5, 0.6) is 0 Å². The van der Waals surface area contributed by atoms with Gasteiger partial charge < -0.3 is 10.4 Å². The minimum absolute atomic E-state index is 0.413. The van der Waals surface area contributed by atoms with Gasteiger partial charge in [0.25, 0.3) is 5.91 Å². The van der Waals surface area contributed by atoms with Crippen LogP contribution in [-0.2, 0) is 4.79 Å². The Morgan fingerprint density at radius 3 is 2.43 bits per heavy atom. The van der Waals surface area contributed by atoms with Crippen LogP contribution in [0.25, 0.3) is 22.2 Å². The van der Waals surface area contributed by atoms with E-state index in [2.05, 4.69) is 10.3 Å². The molecule has 0 saturated heterocycles. The summed E-state index contributed by atoms with van der Waals surface area (Å²) in [5, 5.41) is 11.8. The number of hydrogen-bond donors (Lipinski definition) is 2. The van der Waals surface area contributed by atoms with Gasteiger partial charge in [0, 0.05) is 10.9 Å².